The van der Waals surface area contributed by atoms with Gasteiger partial charge in [0.15, 0.2) is 0 Å². The van der Waals surface area contributed by atoms with Gasteiger partial charge in [0.1, 0.15) is 0 Å². The number of hydrogen-bond donors (Lipinski definition) is 2. The Bertz CT molecular complexity index is 598. The molecule has 1 heterocycles. The molecule has 1 aromatic carbocycles. The monoisotopic (exact) mass is 337 g/mol. The second-order valence-corrected chi connectivity index (χ2v) is 5.52. The van der Waals surface area contributed by atoms with E-state index in [0.717, 1.165) is 21.3 Å². The van der Waals surface area contributed by atoms with E-state index in [4.69, 9.17) is 5.11 Å². The lowest BCUT2D eigenvalue weighted by Gasteiger charge is -2.20. The van der Waals surface area contributed by atoms with E-state index < -0.39 is 5.97 Å². The summed E-state index contributed by atoms with van der Waals surface area (Å²) in [7, 11) is 0. The molecule has 2 aromatic rings. The quantitative estimate of drug-likeness (QED) is 0.849. The first-order chi connectivity index (χ1) is 9.56. The van der Waals surface area contributed by atoms with Gasteiger partial charge in [-0.05, 0) is 24.1 Å². The third-order valence-electron chi connectivity index (χ3n) is 3.03. The van der Waals surface area contributed by atoms with Crippen molar-refractivity contribution in [2.75, 3.05) is 6.54 Å². The molecule has 0 atom stereocenters. The molecule has 0 unspecified atom stereocenters. The fourth-order valence-electron chi connectivity index (χ4n) is 1.98. The Morgan fingerprint density at radius 1 is 1.40 bits per heavy atom. The number of nitrogens with one attached hydrogen (secondary N) is 1. The van der Waals surface area contributed by atoms with Crippen molar-refractivity contribution in [1.82, 2.24) is 15.1 Å². The molecule has 0 amide bonds. The van der Waals surface area contributed by atoms with Crippen molar-refractivity contribution in [3.63, 3.8) is 0 Å². The van der Waals surface area contributed by atoms with Crippen molar-refractivity contribution < 1.29 is 9.90 Å². The van der Waals surface area contributed by atoms with Crippen LogP contribution in [0.2, 0.25) is 0 Å². The molecule has 1 aromatic heterocycles. The number of halogens is 1. The lowest BCUT2D eigenvalue weighted by atomic mass is 10.2. The van der Waals surface area contributed by atoms with Gasteiger partial charge in [-0.1, -0.05) is 34.1 Å². The minimum atomic E-state index is -0.839. The van der Waals surface area contributed by atoms with Crippen LogP contribution in [0.15, 0.2) is 34.9 Å². The molecule has 0 saturated carbocycles. The molecular formula is C14H16BrN3O2. The number of H-pyrrole nitrogens is 1. The number of aliphatic carboxylic acids is 1. The fraction of sp³-hybridized carbons (Fsp3) is 0.286. The van der Waals surface area contributed by atoms with Gasteiger partial charge in [-0.15, -0.1) is 0 Å². The zero-order valence-corrected chi connectivity index (χ0v) is 12.7. The summed E-state index contributed by atoms with van der Waals surface area (Å²) in [6.45, 7) is 3.03. The third kappa shape index (κ3) is 3.91. The summed E-state index contributed by atoms with van der Waals surface area (Å²) in [6, 6.07) is 7.82. The van der Waals surface area contributed by atoms with Crippen LogP contribution in [-0.4, -0.2) is 32.7 Å². The Morgan fingerprint density at radius 3 is 2.75 bits per heavy atom. The van der Waals surface area contributed by atoms with Gasteiger partial charge in [0, 0.05) is 17.6 Å². The van der Waals surface area contributed by atoms with Gasteiger partial charge in [0.2, 0.25) is 0 Å². The molecule has 0 bridgehead atoms. The van der Waals surface area contributed by atoms with Crippen LogP contribution in [0.25, 0.3) is 0 Å². The minimum absolute atomic E-state index is 0.0141. The number of carboxylic acids is 1. The predicted octanol–water partition coefficient (Wildman–Crippen LogP) is 2.57. The van der Waals surface area contributed by atoms with Crippen molar-refractivity contribution in [3.8, 4) is 0 Å². The molecule has 0 radical (unpaired) electrons. The van der Waals surface area contributed by atoms with Crippen LogP contribution in [0.3, 0.4) is 0 Å². The predicted molar refractivity (Wildman–Crippen MR) is 79.2 cm³/mol. The first kappa shape index (κ1) is 14.7. The van der Waals surface area contributed by atoms with Gasteiger partial charge < -0.3 is 5.11 Å². The summed E-state index contributed by atoms with van der Waals surface area (Å²) in [5, 5.41) is 15.9. The molecule has 0 fully saturated rings. The highest BCUT2D eigenvalue weighted by molar-refractivity contribution is 9.10. The average molecular weight is 338 g/mol. The number of nitrogens with zero attached hydrogens (tertiary/aromatic N) is 2. The third-order valence-corrected chi connectivity index (χ3v) is 3.80. The molecule has 2 rings (SSSR count). The van der Waals surface area contributed by atoms with E-state index in [1.165, 1.54) is 0 Å². The first-order valence-electron chi connectivity index (χ1n) is 6.22. The molecule has 0 aliphatic rings. The first-order valence-corrected chi connectivity index (χ1v) is 7.02. The highest BCUT2D eigenvalue weighted by Crippen LogP contribution is 2.19. The van der Waals surface area contributed by atoms with Crippen molar-refractivity contribution in [2.45, 2.75) is 20.0 Å². The second kappa shape index (κ2) is 6.67. The second-order valence-electron chi connectivity index (χ2n) is 4.66. The van der Waals surface area contributed by atoms with E-state index in [9.17, 15) is 4.79 Å². The summed E-state index contributed by atoms with van der Waals surface area (Å²) in [4.78, 5) is 12.9. The molecule has 5 nitrogen and oxygen atoms in total. The SMILES string of the molecule is Cc1cn[nH]c1CN(CC(=O)O)Cc1ccccc1Br. The summed E-state index contributed by atoms with van der Waals surface area (Å²) in [5.41, 5.74) is 3.04. The molecule has 0 saturated heterocycles. The van der Waals surface area contributed by atoms with Crippen LogP contribution in [0.4, 0.5) is 0 Å². The van der Waals surface area contributed by atoms with E-state index in [-0.39, 0.29) is 6.54 Å². The highest BCUT2D eigenvalue weighted by Gasteiger charge is 2.14. The molecule has 106 valence electrons. The number of carboxylic acid groups (broad SMARTS) is 1. The lowest BCUT2D eigenvalue weighted by molar-refractivity contribution is -0.138. The van der Waals surface area contributed by atoms with Gasteiger partial charge in [0.25, 0.3) is 0 Å². The molecular weight excluding hydrogens is 322 g/mol. The van der Waals surface area contributed by atoms with Gasteiger partial charge in [-0.3, -0.25) is 14.8 Å². The molecule has 0 aliphatic carbocycles. The average Bonchev–Trinajstić information content (AvgIpc) is 2.77. The van der Waals surface area contributed by atoms with Crippen molar-refractivity contribution in [1.29, 1.82) is 0 Å². The van der Waals surface area contributed by atoms with Crippen LogP contribution >= 0.6 is 15.9 Å². The topological polar surface area (TPSA) is 69.2 Å². The Labute approximate surface area is 125 Å². The highest BCUT2D eigenvalue weighted by atomic mass is 79.9. The van der Waals surface area contributed by atoms with Crippen LogP contribution < -0.4 is 0 Å². The Hall–Kier alpha value is -1.66. The molecule has 0 aliphatic heterocycles. The Balaban J connectivity index is 2.14. The van der Waals surface area contributed by atoms with Crippen LogP contribution in [0.5, 0.6) is 0 Å². The van der Waals surface area contributed by atoms with Gasteiger partial charge in [0.05, 0.1) is 18.4 Å². The number of hydrogen-bond acceptors (Lipinski definition) is 3. The van der Waals surface area contributed by atoms with Gasteiger partial charge in [-0.2, -0.15) is 5.10 Å². The van der Waals surface area contributed by atoms with Crippen molar-refractivity contribution in [3.05, 3.63) is 51.8 Å². The maximum absolute atomic E-state index is 11.0. The van der Waals surface area contributed by atoms with E-state index in [1.54, 1.807) is 6.20 Å². The zero-order valence-electron chi connectivity index (χ0n) is 11.1. The van der Waals surface area contributed by atoms with E-state index >= 15 is 0 Å². The molecule has 0 spiro atoms. The van der Waals surface area contributed by atoms with Crippen molar-refractivity contribution >= 4 is 21.9 Å². The van der Waals surface area contributed by atoms with Gasteiger partial charge in [-0.25, -0.2) is 0 Å². The maximum atomic E-state index is 11.0. The molecule has 20 heavy (non-hydrogen) atoms. The summed E-state index contributed by atoms with van der Waals surface area (Å²) in [5.74, 6) is -0.839. The number of benzene rings is 1. The Kier molecular flexibility index (Phi) is 4.92. The van der Waals surface area contributed by atoms with Gasteiger partial charge >= 0.3 is 5.97 Å². The lowest BCUT2D eigenvalue weighted by Crippen LogP contribution is -2.29. The summed E-state index contributed by atoms with van der Waals surface area (Å²) < 4.78 is 0.983. The fourth-order valence-corrected chi connectivity index (χ4v) is 2.39. The minimum Gasteiger partial charge on any atom is -0.480 e. The number of rotatable bonds is 6. The standard InChI is InChI=1S/C14H16BrN3O2/c1-10-6-16-17-13(10)8-18(9-14(19)20)7-11-4-2-3-5-12(11)15/h2-6H,7-9H2,1H3,(H,16,17)(H,19,20). The number of aromatic nitrogens is 2. The number of carbonyl (C=O) groups is 1. The van der Waals surface area contributed by atoms with Crippen LogP contribution in [-0.2, 0) is 17.9 Å². The van der Waals surface area contributed by atoms with E-state index in [2.05, 4.69) is 26.1 Å². The molecule has 2 N–H and O–H groups in total. The van der Waals surface area contributed by atoms with Crippen LogP contribution in [0.1, 0.15) is 16.8 Å². The van der Waals surface area contributed by atoms with Crippen LogP contribution in [0, 0.1) is 6.92 Å². The maximum Gasteiger partial charge on any atom is 0.317 e. The summed E-state index contributed by atoms with van der Waals surface area (Å²) >= 11 is 3.49. The van der Waals surface area contributed by atoms with Crippen molar-refractivity contribution in [2.24, 2.45) is 0 Å². The number of aromatic amines is 1. The largest absolute Gasteiger partial charge is 0.480 e. The van der Waals surface area contributed by atoms with E-state index in [0.29, 0.717) is 13.1 Å². The Morgan fingerprint density at radius 2 is 2.15 bits per heavy atom. The zero-order chi connectivity index (χ0) is 14.5. The number of aryl methyl sites for hydroxylation is 1. The van der Waals surface area contributed by atoms with E-state index in [1.807, 2.05) is 36.1 Å². The summed E-state index contributed by atoms with van der Waals surface area (Å²) in [6.07, 6.45) is 1.74. The molecule has 6 heteroatoms. The normalized spacial score (nSPS) is 10.9. The smallest absolute Gasteiger partial charge is 0.317 e.